The predicted octanol–water partition coefficient (Wildman–Crippen LogP) is 2.08. The summed E-state index contributed by atoms with van der Waals surface area (Å²) in [6, 6.07) is 2.91. The van der Waals surface area contributed by atoms with Gasteiger partial charge in [0, 0.05) is 48.7 Å². The van der Waals surface area contributed by atoms with E-state index in [1.54, 1.807) is 29.8 Å². The highest BCUT2D eigenvalue weighted by molar-refractivity contribution is 7.92. The predicted molar refractivity (Wildman–Crippen MR) is 139 cm³/mol. The van der Waals surface area contributed by atoms with Crippen molar-refractivity contribution in [3.63, 3.8) is 0 Å². The van der Waals surface area contributed by atoms with Crippen LogP contribution < -0.4 is 10.9 Å². The molecule has 0 radical (unpaired) electrons. The number of aliphatic hydroxyl groups is 1. The van der Waals surface area contributed by atoms with Gasteiger partial charge in [-0.2, -0.15) is 9.29 Å². The molecule has 4 heterocycles. The van der Waals surface area contributed by atoms with Gasteiger partial charge in [-0.25, -0.2) is 13.4 Å². The van der Waals surface area contributed by atoms with Crippen molar-refractivity contribution in [2.24, 2.45) is 0 Å². The maximum absolute atomic E-state index is 12.8. The van der Waals surface area contributed by atoms with Crippen molar-refractivity contribution in [2.45, 2.75) is 69.6 Å². The molecule has 1 aliphatic carbocycles. The number of rotatable bonds is 7. The summed E-state index contributed by atoms with van der Waals surface area (Å²) in [5.74, 6) is 0.409. The summed E-state index contributed by atoms with van der Waals surface area (Å²) in [7, 11) is -3.43. The van der Waals surface area contributed by atoms with Crippen molar-refractivity contribution < 1.29 is 13.5 Å². The molecule has 2 N–H and O–H groups in total. The van der Waals surface area contributed by atoms with Crippen LogP contribution in [-0.4, -0.2) is 81.6 Å². The van der Waals surface area contributed by atoms with Crippen LogP contribution in [0.15, 0.2) is 34.6 Å². The SMILES string of the molecule is C[C@@]1(O)CCC[C@H]1n1c(=O)ccc2cnc(NC3CCN(S(=O)(=O)/C=C/CN4CCCC4)CC3)nc21. The Bertz CT molecular complexity index is 1280. The second kappa shape index (κ2) is 10.2. The zero-order valence-electron chi connectivity index (χ0n) is 20.8. The zero-order chi connectivity index (χ0) is 25.3. The van der Waals surface area contributed by atoms with E-state index in [-0.39, 0.29) is 17.6 Å². The van der Waals surface area contributed by atoms with Crippen LogP contribution in [0.25, 0.3) is 11.0 Å². The summed E-state index contributed by atoms with van der Waals surface area (Å²) in [6.07, 6.45) is 9.31. The maximum Gasteiger partial charge on any atom is 0.252 e. The fraction of sp³-hybridized carbons (Fsp3) is 0.640. The molecule has 0 aromatic carbocycles. The number of piperidine rings is 1. The minimum Gasteiger partial charge on any atom is -0.388 e. The van der Waals surface area contributed by atoms with E-state index in [0.29, 0.717) is 50.5 Å². The van der Waals surface area contributed by atoms with Crippen LogP contribution >= 0.6 is 0 Å². The topological polar surface area (TPSA) is 121 Å². The van der Waals surface area contributed by atoms with E-state index >= 15 is 0 Å². The molecular formula is C25H36N6O4S. The van der Waals surface area contributed by atoms with Gasteiger partial charge < -0.3 is 10.4 Å². The molecule has 2 saturated heterocycles. The van der Waals surface area contributed by atoms with Crippen LogP contribution in [0.4, 0.5) is 5.95 Å². The normalized spacial score (nSPS) is 26.9. The molecule has 0 unspecified atom stereocenters. The third-order valence-corrected chi connectivity index (χ3v) is 9.46. The summed E-state index contributed by atoms with van der Waals surface area (Å²) >= 11 is 0. The Hall–Kier alpha value is -2.34. The second-order valence-electron chi connectivity index (χ2n) is 10.5. The number of aromatic nitrogens is 3. The first-order valence-corrected chi connectivity index (χ1v) is 14.5. The van der Waals surface area contributed by atoms with Crippen molar-refractivity contribution in [3.05, 3.63) is 40.2 Å². The highest BCUT2D eigenvalue weighted by Gasteiger charge is 2.39. The molecule has 196 valence electrons. The third-order valence-electron chi connectivity index (χ3n) is 7.83. The van der Waals surface area contributed by atoms with Crippen LogP contribution in [0, 0.1) is 0 Å². The molecule has 2 aliphatic heterocycles. The van der Waals surface area contributed by atoms with Crippen LogP contribution in [0.1, 0.15) is 57.9 Å². The average Bonchev–Trinajstić information content (AvgIpc) is 3.48. The van der Waals surface area contributed by atoms with Crippen LogP contribution in [0.3, 0.4) is 0 Å². The van der Waals surface area contributed by atoms with Crippen molar-refractivity contribution >= 4 is 27.0 Å². The molecule has 36 heavy (non-hydrogen) atoms. The van der Waals surface area contributed by atoms with Crippen molar-refractivity contribution in [3.8, 4) is 0 Å². The van der Waals surface area contributed by atoms with Crippen molar-refractivity contribution in [1.82, 2.24) is 23.7 Å². The van der Waals surface area contributed by atoms with E-state index < -0.39 is 15.6 Å². The molecular weight excluding hydrogens is 480 g/mol. The third kappa shape index (κ3) is 5.34. The summed E-state index contributed by atoms with van der Waals surface area (Å²) in [4.78, 5) is 24.2. The largest absolute Gasteiger partial charge is 0.388 e. The molecule has 2 atom stereocenters. The number of hydrogen-bond donors (Lipinski definition) is 2. The van der Waals surface area contributed by atoms with Crippen LogP contribution in [0.5, 0.6) is 0 Å². The van der Waals surface area contributed by atoms with E-state index in [1.807, 2.05) is 0 Å². The molecule has 3 fully saturated rings. The Morgan fingerprint density at radius 2 is 1.89 bits per heavy atom. The number of anilines is 1. The summed E-state index contributed by atoms with van der Waals surface area (Å²) in [5.41, 5.74) is -0.635. The Kier molecular flexibility index (Phi) is 7.17. The average molecular weight is 517 g/mol. The van der Waals surface area contributed by atoms with E-state index in [0.717, 1.165) is 31.3 Å². The Labute approximate surface area is 212 Å². The number of nitrogens with zero attached hydrogens (tertiary/aromatic N) is 5. The number of likely N-dealkylation sites (tertiary alicyclic amines) is 1. The van der Waals surface area contributed by atoms with Gasteiger partial charge in [-0.05, 0) is 71.0 Å². The highest BCUT2D eigenvalue weighted by Crippen LogP contribution is 2.39. The second-order valence-corrected chi connectivity index (χ2v) is 12.3. The number of pyridine rings is 1. The summed E-state index contributed by atoms with van der Waals surface area (Å²) < 4.78 is 28.6. The molecule has 2 aromatic rings. The molecule has 5 rings (SSSR count). The monoisotopic (exact) mass is 516 g/mol. The van der Waals surface area contributed by atoms with Gasteiger partial charge in [-0.3, -0.25) is 14.3 Å². The summed E-state index contributed by atoms with van der Waals surface area (Å²) in [5, 5.41) is 16.3. The van der Waals surface area contributed by atoms with E-state index in [1.165, 1.54) is 28.6 Å². The van der Waals surface area contributed by atoms with Crippen LogP contribution in [0.2, 0.25) is 0 Å². The number of fused-ring (bicyclic) bond motifs is 1. The minimum atomic E-state index is -3.43. The van der Waals surface area contributed by atoms with E-state index in [9.17, 15) is 18.3 Å². The summed E-state index contributed by atoms with van der Waals surface area (Å²) in [6.45, 7) is 5.38. The quantitative estimate of drug-likeness (QED) is 0.574. The van der Waals surface area contributed by atoms with Gasteiger partial charge in [0.2, 0.25) is 16.0 Å². The molecule has 0 amide bonds. The van der Waals surface area contributed by atoms with Crippen molar-refractivity contribution in [1.29, 1.82) is 0 Å². The number of hydrogen-bond acceptors (Lipinski definition) is 8. The number of sulfonamides is 1. The Morgan fingerprint density at radius 3 is 2.58 bits per heavy atom. The van der Waals surface area contributed by atoms with E-state index in [4.69, 9.17) is 0 Å². The molecule has 0 bridgehead atoms. The fourth-order valence-electron chi connectivity index (χ4n) is 5.75. The first kappa shape index (κ1) is 25.3. The highest BCUT2D eigenvalue weighted by atomic mass is 32.2. The molecule has 1 saturated carbocycles. The maximum atomic E-state index is 12.8. The van der Waals surface area contributed by atoms with Gasteiger partial charge in [0.25, 0.3) is 5.56 Å². The smallest absolute Gasteiger partial charge is 0.252 e. The lowest BCUT2D eigenvalue weighted by molar-refractivity contribution is 0.0267. The molecule has 2 aromatic heterocycles. The lowest BCUT2D eigenvalue weighted by Crippen LogP contribution is -2.42. The first-order valence-electron chi connectivity index (χ1n) is 13.0. The lowest BCUT2D eigenvalue weighted by Gasteiger charge is -2.31. The van der Waals surface area contributed by atoms with E-state index in [2.05, 4.69) is 20.2 Å². The van der Waals surface area contributed by atoms with Gasteiger partial charge in [-0.15, -0.1) is 0 Å². The standard InChI is InChI=1S/C25H36N6O4S/c1-25(33)11-4-6-21(25)31-22(32)8-7-19-18-26-24(28-23(19)31)27-20-9-15-30(16-10-20)36(34,35)17-5-14-29-12-2-3-13-29/h5,7-8,17-18,20-21,33H,2-4,6,9-16H2,1H3,(H,26,27,28)/b17-5+/t21-,25-/m1/s1. The van der Waals surface area contributed by atoms with Crippen LogP contribution in [-0.2, 0) is 10.0 Å². The first-order chi connectivity index (χ1) is 17.2. The van der Waals surface area contributed by atoms with Gasteiger partial charge in [0.1, 0.15) is 5.65 Å². The molecule has 0 spiro atoms. The fourth-order valence-corrected chi connectivity index (χ4v) is 6.97. The van der Waals surface area contributed by atoms with Gasteiger partial charge in [0.15, 0.2) is 0 Å². The number of nitrogens with one attached hydrogen (secondary N) is 1. The Morgan fingerprint density at radius 1 is 1.14 bits per heavy atom. The van der Waals surface area contributed by atoms with Crippen molar-refractivity contribution in [2.75, 3.05) is 38.0 Å². The zero-order valence-corrected chi connectivity index (χ0v) is 21.7. The van der Waals surface area contributed by atoms with Gasteiger partial charge >= 0.3 is 0 Å². The van der Waals surface area contributed by atoms with Gasteiger partial charge in [0.05, 0.1) is 11.6 Å². The Balaban J connectivity index is 1.25. The molecule has 10 nitrogen and oxygen atoms in total. The minimum absolute atomic E-state index is 0.0287. The van der Waals surface area contributed by atoms with Gasteiger partial charge in [-0.1, -0.05) is 6.08 Å². The molecule has 11 heteroatoms. The lowest BCUT2D eigenvalue weighted by atomic mass is 10.00. The molecule has 3 aliphatic rings.